The number of carbonyl (C=O) groups is 1. The molecule has 0 N–H and O–H groups in total. The van der Waals surface area contributed by atoms with Crippen molar-refractivity contribution in [3.63, 3.8) is 0 Å². The number of benzene rings is 1. The van der Waals surface area contributed by atoms with Crippen molar-refractivity contribution >= 4 is 16.7 Å². The van der Waals surface area contributed by atoms with Crippen LogP contribution in [0, 0.1) is 0 Å². The highest BCUT2D eigenvalue weighted by Gasteiger charge is 2.43. The molecule has 6 heteroatoms. The van der Waals surface area contributed by atoms with Gasteiger partial charge in [-0.1, -0.05) is 24.3 Å². The molecule has 3 fully saturated rings. The molecule has 1 atom stereocenters. The molecule has 0 radical (unpaired) electrons. The van der Waals surface area contributed by atoms with Crippen LogP contribution in [0.1, 0.15) is 36.2 Å². The van der Waals surface area contributed by atoms with Crippen LogP contribution in [0.3, 0.4) is 0 Å². The molecule has 29 heavy (non-hydrogen) atoms. The number of hydrogen-bond donors (Lipinski definition) is 0. The molecule has 3 aliphatic heterocycles. The largest absolute Gasteiger partial charge is 0.379 e. The first-order valence-electron chi connectivity index (χ1n) is 10.8. The summed E-state index contributed by atoms with van der Waals surface area (Å²) < 4.78 is 11.8. The van der Waals surface area contributed by atoms with Gasteiger partial charge in [0, 0.05) is 50.4 Å². The van der Waals surface area contributed by atoms with Gasteiger partial charge in [-0.25, -0.2) is 0 Å². The second-order valence-electron chi connectivity index (χ2n) is 8.50. The molecule has 1 aromatic carbocycles. The Morgan fingerprint density at radius 3 is 2.66 bits per heavy atom. The van der Waals surface area contributed by atoms with E-state index >= 15 is 0 Å². The maximum absolute atomic E-state index is 13.2. The van der Waals surface area contributed by atoms with Crippen molar-refractivity contribution in [3.05, 3.63) is 42.2 Å². The number of nitrogens with zero attached hydrogens (tertiary/aromatic N) is 3. The van der Waals surface area contributed by atoms with E-state index in [1.54, 1.807) is 6.20 Å². The van der Waals surface area contributed by atoms with E-state index in [2.05, 4.69) is 9.88 Å². The number of hydrogen-bond acceptors (Lipinski definition) is 5. The Labute approximate surface area is 171 Å². The number of aromatic nitrogens is 1. The van der Waals surface area contributed by atoms with Gasteiger partial charge >= 0.3 is 0 Å². The number of morpholine rings is 1. The molecule has 1 aromatic heterocycles. The third kappa shape index (κ3) is 3.77. The van der Waals surface area contributed by atoms with Crippen LogP contribution in [0.4, 0.5) is 0 Å². The topological polar surface area (TPSA) is 54.9 Å². The highest BCUT2D eigenvalue weighted by atomic mass is 16.5. The van der Waals surface area contributed by atoms with Crippen molar-refractivity contribution in [1.82, 2.24) is 14.8 Å². The SMILES string of the molecule is O=C(c1nccc2ccccc12)N1CCC2(CC1)CC(N1CCOCC1)CCO2. The van der Waals surface area contributed by atoms with Gasteiger partial charge in [0.15, 0.2) is 0 Å². The molecule has 154 valence electrons. The minimum Gasteiger partial charge on any atom is -0.379 e. The summed E-state index contributed by atoms with van der Waals surface area (Å²) in [5.74, 6) is 0.0391. The molecule has 0 bridgehead atoms. The number of piperidine rings is 1. The summed E-state index contributed by atoms with van der Waals surface area (Å²) in [6, 6.07) is 10.5. The molecule has 1 spiro atoms. The van der Waals surface area contributed by atoms with Crippen molar-refractivity contribution in [1.29, 1.82) is 0 Å². The highest BCUT2D eigenvalue weighted by Crippen LogP contribution is 2.37. The number of ether oxygens (including phenoxy) is 2. The Morgan fingerprint density at radius 2 is 1.83 bits per heavy atom. The van der Waals surface area contributed by atoms with Crippen molar-refractivity contribution < 1.29 is 14.3 Å². The normalized spacial score (nSPS) is 25.4. The summed E-state index contributed by atoms with van der Waals surface area (Å²) in [6.07, 6.45) is 5.72. The molecule has 2 aromatic rings. The Hall–Kier alpha value is -2.02. The van der Waals surface area contributed by atoms with Crippen LogP contribution in [0.25, 0.3) is 10.8 Å². The van der Waals surface area contributed by atoms with Gasteiger partial charge in [-0.3, -0.25) is 14.7 Å². The van der Waals surface area contributed by atoms with E-state index in [1.165, 1.54) is 0 Å². The van der Waals surface area contributed by atoms with Gasteiger partial charge in [0.2, 0.25) is 0 Å². The first kappa shape index (κ1) is 19.0. The fourth-order valence-electron chi connectivity index (χ4n) is 5.16. The van der Waals surface area contributed by atoms with E-state index in [1.807, 2.05) is 35.2 Å². The molecule has 3 aliphatic rings. The van der Waals surface area contributed by atoms with Gasteiger partial charge in [0.05, 0.1) is 18.8 Å². The van der Waals surface area contributed by atoms with Crippen LogP contribution >= 0.6 is 0 Å². The van der Waals surface area contributed by atoms with Crippen LogP contribution in [-0.2, 0) is 9.47 Å². The van der Waals surface area contributed by atoms with Crippen LogP contribution in [0.15, 0.2) is 36.5 Å². The number of rotatable bonds is 2. The fraction of sp³-hybridized carbons (Fsp3) is 0.565. The van der Waals surface area contributed by atoms with Crippen LogP contribution in [0.5, 0.6) is 0 Å². The minimum atomic E-state index is -0.0792. The third-order valence-corrected chi connectivity index (χ3v) is 6.87. The molecule has 6 nitrogen and oxygen atoms in total. The lowest BCUT2D eigenvalue weighted by Crippen LogP contribution is -2.56. The Bertz CT molecular complexity index is 867. The van der Waals surface area contributed by atoms with Gasteiger partial charge in [0.1, 0.15) is 5.69 Å². The van der Waals surface area contributed by atoms with Gasteiger partial charge < -0.3 is 14.4 Å². The second kappa shape index (κ2) is 8.01. The third-order valence-electron chi connectivity index (χ3n) is 6.87. The van der Waals surface area contributed by atoms with E-state index in [0.29, 0.717) is 11.7 Å². The zero-order chi connectivity index (χ0) is 19.7. The van der Waals surface area contributed by atoms with Crippen molar-refractivity contribution in [2.75, 3.05) is 46.0 Å². The van der Waals surface area contributed by atoms with E-state index in [4.69, 9.17) is 9.47 Å². The average Bonchev–Trinajstić information content (AvgIpc) is 2.79. The lowest BCUT2D eigenvalue weighted by molar-refractivity contribution is -0.136. The number of carbonyl (C=O) groups excluding carboxylic acids is 1. The summed E-state index contributed by atoms with van der Waals surface area (Å²) in [4.78, 5) is 22.2. The predicted octanol–water partition coefficient (Wildman–Crippen LogP) is 2.72. The first-order chi connectivity index (χ1) is 14.2. The zero-order valence-corrected chi connectivity index (χ0v) is 16.9. The summed E-state index contributed by atoms with van der Waals surface area (Å²) >= 11 is 0. The minimum absolute atomic E-state index is 0.0391. The highest BCUT2D eigenvalue weighted by molar-refractivity contribution is 6.05. The second-order valence-corrected chi connectivity index (χ2v) is 8.50. The zero-order valence-electron chi connectivity index (χ0n) is 16.9. The fourth-order valence-corrected chi connectivity index (χ4v) is 5.16. The van der Waals surface area contributed by atoms with Gasteiger partial charge in [-0.2, -0.15) is 0 Å². The standard InChI is InChI=1S/C23H29N3O3/c27-22(21-20-4-2-1-3-18(20)5-9-24-21)26-10-7-23(8-11-26)17-19(6-14-29-23)25-12-15-28-16-13-25/h1-5,9,19H,6-8,10-17H2. The molecule has 1 amide bonds. The first-order valence-corrected chi connectivity index (χ1v) is 10.8. The van der Waals surface area contributed by atoms with Crippen LogP contribution < -0.4 is 0 Å². The molecule has 5 rings (SSSR count). The van der Waals surface area contributed by atoms with E-state index in [0.717, 1.165) is 82.5 Å². The lowest BCUT2D eigenvalue weighted by Gasteiger charge is -2.49. The number of pyridine rings is 1. The van der Waals surface area contributed by atoms with Gasteiger partial charge in [-0.05, 0) is 37.1 Å². The smallest absolute Gasteiger partial charge is 0.273 e. The molecule has 0 saturated carbocycles. The van der Waals surface area contributed by atoms with E-state index in [9.17, 15) is 4.79 Å². The van der Waals surface area contributed by atoms with E-state index in [-0.39, 0.29) is 11.5 Å². The molecule has 4 heterocycles. The Kier molecular flexibility index (Phi) is 5.24. The summed E-state index contributed by atoms with van der Waals surface area (Å²) in [5, 5.41) is 1.99. The van der Waals surface area contributed by atoms with Gasteiger partial charge in [-0.15, -0.1) is 0 Å². The predicted molar refractivity (Wildman–Crippen MR) is 111 cm³/mol. The summed E-state index contributed by atoms with van der Waals surface area (Å²) in [7, 11) is 0. The van der Waals surface area contributed by atoms with Crippen molar-refractivity contribution in [2.45, 2.75) is 37.3 Å². The molecular formula is C23H29N3O3. The maximum Gasteiger partial charge on any atom is 0.273 e. The van der Waals surface area contributed by atoms with Crippen molar-refractivity contribution in [2.24, 2.45) is 0 Å². The number of fused-ring (bicyclic) bond motifs is 1. The van der Waals surface area contributed by atoms with Gasteiger partial charge in [0.25, 0.3) is 5.91 Å². The Balaban J connectivity index is 1.26. The monoisotopic (exact) mass is 395 g/mol. The Morgan fingerprint density at radius 1 is 1.03 bits per heavy atom. The summed E-state index contributed by atoms with van der Waals surface area (Å²) in [6.45, 7) is 6.02. The molecule has 0 aliphatic carbocycles. The van der Waals surface area contributed by atoms with Crippen LogP contribution in [-0.4, -0.2) is 78.3 Å². The van der Waals surface area contributed by atoms with E-state index < -0.39 is 0 Å². The number of amides is 1. The molecule has 3 saturated heterocycles. The summed E-state index contributed by atoms with van der Waals surface area (Å²) in [5.41, 5.74) is 0.485. The maximum atomic E-state index is 13.2. The quantitative estimate of drug-likeness (QED) is 0.783. The lowest BCUT2D eigenvalue weighted by atomic mass is 9.81. The average molecular weight is 396 g/mol. The molecular weight excluding hydrogens is 366 g/mol. The van der Waals surface area contributed by atoms with Crippen LogP contribution in [0.2, 0.25) is 0 Å². The van der Waals surface area contributed by atoms with Crippen molar-refractivity contribution in [3.8, 4) is 0 Å². The molecule has 1 unspecified atom stereocenters. The number of likely N-dealkylation sites (tertiary alicyclic amines) is 1.